The smallest absolute Gasteiger partial charge is 0.151 e. The lowest BCUT2D eigenvalue weighted by Gasteiger charge is -2.41. The second kappa shape index (κ2) is 27.9. The molecular formula is C104H69N9OSSi. The van der Waals surface area contributed by atoms with E-state index in [9.17, 15) is 0 Å². The van der Waals surface area contributed by atoms with Crippen molar-refractivity contribution in [2.24, 2.45) is 0 Å². The van der Waals surface area contributed by atoms with Crippen molar-refractivity contribution in [3.63, 3.8) is 0 Å². The van der Waals surface area contributed by atoms with Crippen molar-refractivity contribution in [2.45, 2.75) is 22.9 Å². The lowest BCUT2D eigenvalue weighted by Crippen LogP contribution is -2.58. The van der Waals surface area contributed by atoms with Gasteiger partial charge in [0.25, 0.3) is 0 Å². The second-order valence-electron chi connectivity index (χ2n) is 30.0. The number of benzene rings is 18. The predicted octanol–water partition coefficient (Wildman–Crippen LogP) is 26.9. The molecule has 0 aliphatic carbocycles. The Morgan fingerprint density at radius 3 is 0.862 bits per heavy atom. The molecule has 21 aromatic rings. The van der Waals surface area contributed by atoms with Gasteiger partial charge in [-0.25, -0.2) is 29.9 Å². The maximum Gasteiger partial charge on any atom is 0.151 e. The Kier molecular flexibility index (Phi) is 16.4. The zero-order valence-corrected chi connectivity index (χ0v) is 65.0. The summed E-state index contributed by atoms with van der Waals surface area (Å²) in [4.78, 5) is 36.5. The number of aromatic nitrogens is 6. The van der Waals surface area contributed by atoms with Crippen molar-refractivity contribution in [1.29, 1.82) is 0 Å². The van der Waals surface area contributed by atoms with Gasteiger partial charge in [-0.3, -0.25) is 0 Å². The van der Waals surface area contributed by atoms with Crippen molar-refractivity contribution < 1.29 is 4.74 Å². The minimum absolute atomic E-state index is 0.847. The van der Waals surface area contributed by atoms with Crippen molar-refractivity contribution in [1.82, 2.24) is 29.9 Å². The molecule has 6 heterocycles. The summed E-state index contributed by atoms with van der Waals surface area (Å²) in [7, 11) is -1.85. The molecule has 0 fully saturated rings. The number of anilines is 9. The van der Waals surface area contributed by atoms with Gasteiger partial charge in [-0.05, 0) is 189 Å². The molecule has 12 heteroatoms. The largest absolute Gasteiger partial charge is 0.453 e. The molecule has 10 nitrogen and oxygen atoms in total. The van der Waals surface area contributed by atoms with Gasteiger partial charge in [0.15, 0.2) is 11.5 Å². The maximum absolute atomic E-state index is 6.27. The molecule has 3 aliphatic rings. The van der Waals surface area contributed by atoms with E-state index in [1.165, 1.54) is 141 Å². The van der Waals surface area contributed by atoms with Crippen LogP contribution in [0.1, 0.15) is 0 Å². The molecule has 0 atom stereocenters. The fraction of sp³-hybridized carbons (Fsp3) is 0.0192. The lowest BCUT2D eigenvalue weighted by molar-refractivity contribution is 0.477. The van der Waals surface area contributed by atoms with Gasteiger partial charge in [0.2, 0.25) is 0 Å². The minimum Gasteiger partial charge on any atom is -0.453 e. The van der Waals surface area contributed by atoms with Crippen molar-refractivity contribution in [2.75, 3.05) is 14.7 Å². The Balaban J connectivity index is 0.000000106. The molecule has 0 N–H and O–H groups in total. The van der Waals surface area contributed by atoms with Crippen LogP contribution >= 0.6 is 11.8 Å². The van der Waals surface area contributed by atoms with Crippen molar-refractivity contribution >= 4 is 179 Å². The van der Waals surface area contributed by atoms with Crippen LogP contribution < -0.4 is 29.8 Å². The summed E-state index contributed by atoms with van der Waals surface area (Å²) in [5.41, 5.74) is 20.5. The van der Waals surface area contributed by atoms with Gasteiger partial charge in [-0.15, -0.1) is 0 Å². The molecule has 3 aromatic heterocycles. The number of hydrogen-bond donors (Lipinski definition) is 0. The highest BCUT2D eigenvalue weighted by Crippen LogP contribution is 2.56. The third-order valence-electron chi connectivity index (χ3n) is 23.4. The molecule has 0 saturated heterocycles. The van der Waals surface area contributed by atoms with Crippen LogP contribution in [0, 0.1) is 0 Å². The van der Waals surface area contributed by atoms with Crippen LogP contribution in [0.4, 0.5) is 51.2 Å². The van der Waals surface area contributed by atoms with Crippen LogP contribution in [0.25, 0.3) is 131 Å². The molecule has 0 amide bonds. The predicted molar refractivity (Wildman–Crippen MR) is 485 cm³/mol. The molecule has 0 saturated carbocycles. The van der Waals surface area contributed by atoms with Crippen molar-refractivity contribution in [3.05, 3.63) is 383 Å². The quantitative estimate of drug-likeness (QED) is 0.118. The number of nitrogens with zero attached hydrogens (tertiary/aromatic N) is 9. The lowest BCUT2D eigenvalue weighted by atomic mass is 9.91. The summed E-state index contributed by atoms with van der Waals surface area (Å²) >= 11 is 1.84. The Morgan fingerprint density at radius 1 is 0.233 bits per heavy atom. The Hall–Kier alpha value is -14.7. The topological polar surface area (TPSA) is 96.3 Å². The van der Waals surface area contributed by atoms with Gasteiger partial charge in [0, 0.05) is 72.1 Å². The van der Waals surface area contributed by atoms with Gasteiger partial charge in [-0.2, -0.15) is 0 Å². The normalized spacial score (nSPS) is 13.0. The van der Waals surface area contributed by atoms with E-state index in [0.717, 1.165) is 72.2 Å². The second-order valence-corrected chi connectivity index (χ2v) is 35.5. The van der Waals surface area contributed by atoms with Gasteiger partial charge >= 0.3 is 0 Å². The van der Waals surface area contributed by atoms with Gasteiger partial charge < -0.3 is 19.4 Å². The van der Waals surface area contributed by atoms with Crippen LogP contribution in [-0.4, -0.2) is 38.0 Å². The van der Waals surface area contributed by atoms with E-state index in [0.29, 0.717) is 0 Å². The first-order valence-corrected chi connectivity index (χ1v) is 42.9. The molecule has 116 heavy (non-hydrogen) atoms. The van der Waals surface area contributed by atoms with E-state index in [4.69, 9.17) is 4.74 Å². The van der Waals surface area contributed by atoms with E-state index in [-0.39, 0.29) is 0 Å². The van der Waals surface area contributed by atoms with Gasteiger partial charge in [0.1, 0.15) is 27.1 Å². The van der Waals surface area contributed by atoms with E-state index in [1.54, 1.807) is 19.0 Å². The average Bonchev–Trinajstić information content (AvgIpc) is 0.715. The molecule has 24 rings (SSSR count). The Bertz CT molecular complexity index is 7170. The number of hydrogen-bond acceptors (Lipinski definition) is 11. The monoisotopic (exact) mass is 1520 g/mol. The zero-order valence-electron chi connectivity index (χ0n) is 63.2. The van der Waals surface area contributed by atoms with Gasteiger partial charge in [0.05, 0.1) is 56.4 Å². The number of fused-ring (bicyclic) bond motifs is 18. The molecule has 0 radical (unpaired) electrons. The Labute approximate surface area is 674 Å². The van der Waals surface area contributed by atoms with Crippen LogP contribution in [0.2, 0.25) is 13.1 Å². The highest BCUT2D eigenvalue weighted by Gasteiger charge is 2.39. The molecule has 0 bridgehead atoms. The summed E-state index contributed by atoms with van der Waals surface area (Å²) < 4.78 is 6.27. The van der Waals surface area contributed by atoms with Gasteiger partial charge in [-0.1, -0.05) is 274 Å². The first kappa shape index (κ1) is 68.1. The fourth-order valence-electron chi connectivity index (χ4n) is 18.2. The van der Waals surface area contributed by atoms with E-state index in [2.05, 4.69) is 379 Å². The number of rotatable bonds is 6. The molecule has 3 aliphatic heterocycles. The van der Waals surface area contributed by atoms with Crippen molar-refractivity contribution in [3.8, 4) is 44.9 Å². The first-order chi connectivity index (χ1) is 57.4. The standard InChI is InChI=1S/C36H27N3Si.C34H21N3O.C34H21N3S/c1-40(2)35-17-9-7-15-33(35)39(34-16-8-10-18-36(34)40)32-20-19-27(24-11-5-6-14-28(24)32)29-21-31-30(22-37-23-38-31)26-13-4-3-12-25(26)29;2*1-2-11-24-23(10-1)27(19-29-28(24)20-35-21-36-29)25-17-18-30(26-12-4-3-9-22(25)26)37-31-13-5-7-15-33(31)38-34-16-8-6-14-32(34)37/h3-23H,1-2H3;2*1-21H. The summed E-state index contributed by atoms with van der Waals surface area (Å²) in [6, 6.07) is 124. The third kappa shape index (κ3) is 11.2. The molecule has 0 unspecified atom stereocenters. The fourth-order valence-corrected chi connectivity index (χ4v) is 22.2. The minimum atomic E-state index is -1.85. The van der Waals surface area contributed by atoms with E-state index >= 15 is 0 Å². The highest BCUT2D eigenvalue weighted by molar-refractivity contribution is 7.99. The highest BCUT2D eigenvalue weighted by atomic mass is 32.2. The van der Waals surface area contributed by atoms with E-state index < -0.39 is 8.07 Å². The summed E-state index contributed by atoms with van der Waals surface area (Å²) in [5, 5.41) is 20.5. The average molecular weight is 1520 g/mol. The summed E-state index contributed by atoms with van der Waals surface area (Å²) in [6.07, 6.45) is 10.6. The zero-order chi connectivity index (χ0) is 77.0. The summed E-state index contributed by atoms with van der Waals surface area (Å²) in [5.74, 6) is 1.69. The van der Waals surface area contributed by atoms with E-state index in [1.807, 2.05) is 54.6 Å². The molecule has 0 spiro atoms. The number of para-hydroxylation sites is 8. The maximum atomic E-state index is 6.27. The summed E-state index contributed by atoms with van der Waals surface area (Å²) in [6.45, 7) is 4.94. The third-order valence-corrected chi connectivity index (χ3v) is 28.1. The van der Waals surface area contributed by atoms with Crippen LogP contribution in [-0.2, 0) is 0 Å². The molecule has 18 aromatic carbocycles. The SMILES string of the molecule is C[Si]1(C)c2ccccc2N(c2ccc(-c3cc4ncncc4c4ccccc34)c3ccccc23)c2ccccc21.c1ccc2c(c1)Oc1ccccc1N2c1ccc(-c2cc3ncncc3c3ccccc23)c2ccccc12.c1ccc2c(c1)Sc1ccccc1N2c1ccc(-c2cc3ncncc3c3ccccc23)c2ccccc12. The van der Waals surface area contributed by atoms with Crippen LogP contribution in [0.15, 0.2) is 393 Å². The van der Waals surface area contributed by atoms with Crippen LogP contribution in [0.3, 0.4) is 0 Å². The first-order valence-electron chi connectivity index (χ1n) is 39.1. The van der Waals surface area contributed by atoms with Crippen LogP contribution in [0.5, 0.6) is 11.5 Å². The molecular weight excluding hydrogens is 1450 g/mol. The Morgan fingerprint density at radius 2 is 0.500 bits per heavy atom. The number of ether oxygens (including phenoxy) is 1. The molecule has 546 valence electrons.